The molecule has 1 heterocycles. The summed E-state index contributed by atoms with van der Waals surface area (Å²) in [6.07, 6.45) is 0. The van der Waals surface area contributed by atoms with Crippen LogP contribution in [0.25, 0.3) is 11.4 Å². The van der Waals surface area contributed by atoms with E-state index >= 15 is 0 Å². The van der Waals surface area contributed by atoms with Crippen LogP contribution in [0.5, 0.6) is 5.75 Å². The van der Waals surface area contributed by atoms with Gasteiger partial charge in [-0.25, -0.2) is 0 Å². The molecule has 0 saturated heterocycles. The molecule has 29 heavy (non-hydrogen) atoms. The maximum atomic E-state index is 12.4. The highest BCUT2D eigenvalue weighted by Crippen LogP contribution is 2.27. The topological polar surface area (TPSA) is 69.0 Å². The summed E-state index contributed by atoms with van der Waals surface area (Å²) in [5, 5.41) is 12.4. The highest BCUT2D eigenvalue weighted by Gasteiger charge is 2.17. The average Bonchev–Trinajstić information content (AvgIpc) is 3.10. The Balaban J connectivity index is 1.75. The van der Waals surface area contributed by atoms with Crippen LogP contribution in [-0.2, 0) is 11.3 Å². The van der Waals surface area contributed by atoms with Crippen LogP contribution in [0.3, 0.4) is 0 Å². The van der Waals surface area contributed by atoms with Crippen LogP contribution in [0.15, 0.2) is 58.2 Å². The van der Waals surface area contributed by atoms with Crippen LogP contribution in [0.1, 0.15) is 13.8 Å². The van der Waals surface area contributed by atoms with E-state index in [0.717, 1.165) is 39.0 Å². The van der Waals surface area contributed by atoms with Gasteiger partial charge in [0.2, 0.25) is 5.91 Å². The van der Waals surface area contributed by atoms with Crippen molar-refractivity contribution in [2.75, 3.05) is 18.2 Å². The second-order valence-electron chi connectivity index (χ2n) is 6.86. The Morgan fingerprint density at radius 2 is 1.90 bits per heavy atom. The first-order valence-corrected chi connectivity index (χ1v) is 11.0. The first-order valence-electron chi connectivity index (χ1n) is 9.22. The number of hydrogen-bond donors (Lipinski definition) is 1. The first kappa shape index (κ1) is 21.4. The number of amides is 1. The fourth-order valence-corrected chi connectivity index (χ4v) is 3.89. The van der Waals surface area contributed by atoms with Crippen LogP contribution in [0.2, 0.25) is 0 Å². The number of ether oxygens (including phenoxy) is 1. The van der Waals surface area contributed by atoms with E-state index in [1.54, 1.807) is 7.11 Å². The molecule has 0 unspecified atom stereocenters. The Kier molecular flexibility index (Phi) is 7.33. The zero-order valence-electron chi connectivity index (χ0n) is 16.6. The molecular formula is C21H23BrN4O2S. The van der Waals surface area contributed by atoms with Gasteiger partial charge in [0.15, 0.2) is 11.0 Å². The van der Waals surface area contributed by atoms with E-state index in [2.05, 4.69) is 49.9 Å². The van der Waals surface area contributed by atoms with Gasteiger partial charge in [-0.3, -0.25) is 4.79 Å². The van der Waals surface area contributed by atoms with Crippen molar-refractivity contribution in [3.8, 4) is 17.1 Å². The number of carbonyl (C=O) groups is 1. The number of thioether (sulfide) groups is 1. The highest BCUT2D eigenvalue weighted by molar-refractivity contribution is 9.10. The third-order valence-corrected chi connectivity index (χ3v) is 5.75. The summed E-state index contributed by atoms with van der Waals surface area (Å²) in [4.78, 5) is 12.4. The van der Waals surface area contributed by atoms with Crippen molar-refractivity contribution < 1.29 is 9.53 Å². The summed E-state index contributed by atoms with van der Waals surface area (Å²) in [6.45, 7) is 5.06. The maximum Gasteiger partial charge on any atom is 0.234 e. The predicted molar refractivity (Wildman–Crippen MR) is 120 cm³/mol. The van der Waals surface area contributed by atoms with Crippen molar-refractivity contribution in [3.05, 3.63) is 53.0 Å². The molecule has 2 aromatic carbocycles. The molecule has 0 aliphatic rings. The number of para-hydroxylation sites is 1. The smallest absolute Gasteiger partial charge is 0.234 e. The molecule has 6 nitrogen and oxygen atoms in total. The van der Waals surface area contributed by atoms with Crippen molar-refractivity contribution in [1.29, 1.82) is 0 Å². The van der Waals surface area contributed by atoms with Crippen LogP contribution in [0, 0.1) is 5.92 Å². The van der Waals surface area contributed by atoms with E-state index in [-0.39, 0.29) is 11.7 Å². The normalized spacial score (nSPS) is 10.9. The summed E-state index contributed by atoms with van der Waals surface area (Å²) in [5.74, 6) is 2.15. The van der Waals surface area contributed by atoms with Gasteiger partial charge in [0.25, 0.3) is 0 Å². The maximum absolute atomic E-state index is 12.4. The van der Waals surface area contributed by atoms with E-state index in [0.29, 0.717) is 5.92 Å². The molecular weight excluding hydrogens is 452 g/mol. The molecule has 0 atom stereocenters. The molecule has 0 bridgehead atoms. The molecule has 152 valence electrons. The van der Waals surface area contributed by atoms with Crippen LogP contribution >= 0.6 is 27.7 Å². The number of hydrogen-bond acceptors (Lipinski definition) is 5. The lowest BCUT2D eigenvalue weighted by atomic mass is 10.2. The number of rotatable bonds is 8. The van der Waals surface area contributed by atoms with Crippen molar-refractivity contribution in [2.45, 2.75) is 25.5 Å². The molecule has 3 rings (SSSR count). The zero-order chi connectivity index (χ0) is 20.8. The summed E-state index contributed by atoms with van der Waals surface area (Å²) in [6, 6.07) is 15.3. The molecule has 1 N–H and O–H groups in total. The van der Waals surface area contributed by atoms with Gasteiger partial charge in [0.1, 0.15) is 5.75 Å². The Bertz CT molecular complexity index is 973. The van der Waals surface area contributed by atoms with E-state index in [4.69, 9.17) is 4.74 Å². The lowest BCUT2D eigenvalue weighted by Gasteiger charge is -2.13. The number of nitrogens with one attached hydrogen (secondary N) is 1. The number of aromatic nitrogens is 3. The minimum absolute atomic E-state index is 0.0907. The largest absolute Gasteiger partial charge is 0.497 e. The van der Waals surface area contributed by atoms with Gasteiger partial charge in [-0.2, -0.15) is 0 Å². The van der Waals surface area contributed by atoms with Gasteiger partial charge in [0.05, 0.1) is 18.6 Å². The minimum Gasteiger partial charge on any atom is -0.497 e. The SMILES string of the molecule is COc1ccc(-c2nnc(SCC(=O)Nc3ccccc3Br)n2CC(C)C)cc1. The molecule has 0 aliphatic carbocycles. The van der Waals surface area contributed by atoms with Gasteiger partial charge in [-0.05, 0) is 58.2 Å². The second-order valence-corrected chi connectivity index (χ2v) is 8.65. The number of halogens is 1. The van der Waals surface area contributed by atoms with Crippen LogP contribution in [0.4, 0.5) is 5.69 Å². The fourth-order valence-electron chi connectivity index (χ4n) is 2.76. The number of anilines is 1. The van der Waals surface area contributed by atoms with E-state index in [9.17, 15) is 4.79 Å². The van der Waals surface area contributed by atoms with E-state index in [1.807, 2.05) is 48.5 Å². The molecule has 0 radical (unpaired) electrons. The predicted octanol–water partition coefficient (Wildman–Crippen LogP) is 5.10. The summed E-state index contributed by atoms with van der Waals surface area (Å²) >= 11 is 4.82. The lowest BCUT2D eigenvalue weighted by Crippen LogP contribution is -2.15. The standard InChI is InChI=1S/C21H23BrN4O2S/c1-14(2)12-26-20(15-8-10-16(28-3)11-9-15)24-25-21(26)29-13-19(27)23-18-7-5-4-6-17(18)22/h4-11,14H,12-13H2,1-3H3,(H,23,27). The summed E-state index contributed by atoms with van der Waals surface area (Å²) in [7, 11) is 1.64. The monoisotopic (exact) mass is 474 g/mol. The third kappa shape index (κ3) is 5.61. The van der Waals surface area contributed by atoms with Gasteiger partial charge in [0, 0.05) is 16.6 Å². The van der Waals surface area contributed by atoms with Gasteiger partial charge in [-0.1, -0.05) is 37.7 Å². The molecule has 1 amide bonds. The van der Waals surface area contributed by atoms with Gasteiger partial charge in [-0.15, -0.1) is 10.2 Å². The second kappa shape index (κ2) is 9.93. The molecule has 0 spiro atoms. The Hall–Kier alpha value is -2.32. The summed E-state index contributed by atoms with van der Waals surface area (Å²) < 4.78 is 8.15. The number of methoxy groups -OCH3 is 1. The van der Waals surface area contributed by atoms with Crippen molar-refractivity contribution in [3.63, 3.8) is 0 Å². The Morgan fingerprint density at radius 1 is 1.17 bits per heavy atom. The average molecular weight is 475 g/mol. The molecule has 1 aromatic heterocycles. The molecule has 8 heteroatoms. The minimum atomic E-state index is -0.0907. The lowest BCUT2D eigenvalue weighted by molar-refractivity contribution is -0.113. The number of benzene rings is 2. The van der Waals surface area contributed by atoms with E-state index < -0.39 is 0 Å². The Morgan fingerprint density at radius 3 is 2.55 bits per heavy atom. The fraction of sp³-hybridized carbons (Fsp3) is 0.286. The number of nitrogens with zero attached hydrogens (tertiary/aromatic N) is 3. The number of carbonyl (C=O) groups excluding carboxylic acids is 1. The molecule has 0 saturated carbocycles. The molecule has 0 fully saturated rings. The van der Waals surface area contributed by atoms with Crippen molar-refractivity contribution >= 4 is 39.3 Å². The quantitative estimate of drug-likeness (QED) is 0.459. The summed E-state index contributed by atoms with van der Waals surface area (Å²) in [5.41, 5.74) is 1.71. The highest BCUT2D eigenvalue weighted by atomic mass is 79.9. The zero-order valence-corrected chi connectivity index (χ0v) is 19.0. The van der Waals surface area contributed by atoms with Gasteiger partial charge < -0.3 is 14.6 Å². The van der Waals surface area contributed by atoms with Crippen molar-refractivity contribution in [1.82, 2.24) is 14.8 Å². The van der Waals surface area contributed by atoms with Gasteiger partial charge >= 0.3 is 0 Å². The van der Waals surface area contributed by atoms with E-state index in [1.165, 1.54) is 11.8 Å². The third-order valence-electron chi connectivity index (χ3n) is 4.09. The van der Waals surface area contributed by atoms with Crippen LogP contribution < -0.4 is 10.1 Å². The molecule has 0 aliphatic heterocycles. The van der Waals surface area contributed by atoms with Crippen LogP contribution in [-0.4, -0.2) is 33.5 Å². The Labute approximate surface area is 183 Å². The molecule has 3 aromatic rings. The first-order chi connectivity index (χ1) is 14.0. The van der Waals surface area contributed by atoms with Crippen molar-refractivity contribution in [2.24, 2.45) is 5.92 Å².